The minimum absolute atomic E-state index is 0.0750. The Hall–Kier alpha value is -0.930. The Morgan fingerprint density at radius 3 is 3.13 bits per heavy atom. The highest BCUT2D eigenvalue weighted by Crippen LogP contribution is 2.34. The summed E-state index contributed by atoms with van der Waals surface area (Å²) < 4.78 is 10.9. The van der Waals surface area contributed by atoms with Crippen molar-refractivity contribution in [2.75, 3.05) is 32.2 Å². The third-order valence-corrected chi connectivity index (χ3v) is 2.69. The molecule has 0 saturated heterocycles. The van der Waals surface area contributed by atoms with Crippen molar-refractivity contribution in [1.82, 2.24) is 0 Å². The van der Waals surface area contributed by atoms with Gasteiger partial charge in [-0.05, 0) is 12.1 Å². The molecule has 1 aliphatic heterocycles. The molecule has 3 nitrogen and oxygen atoms in total. The summed E-state index contributed by atoms with van der Waals surface area (Å²) in [5.74, 6) is 0.832. The second-order valence-electron chi connectivity index (χ2n) is 3.69. The van der Waals surface area contributed by atoms with Crippen LogP contribution in [0.5, 0.6) is 5.75 Å². The van der Waals surface area contributed by atoms with E-state index in [0.29, 0.717) is 11.6 Å². The highest BCUT2D eigenvalue weighted by atomic mass is 35.5. The summed E-state index contributed by atoms with van der Waals surface area (Å²) in [4.78, 5) is 2.15. The predicted octanol–water partition coefficient (Wildman–Crippen LogP) is 2.18. The number of benzene rings is 1. The number of methoxy groups -OCH3 is 1. The number of ether oxygens (including phenoxy) is 2. The Kier molecular flexibility index (Phi) is 3.03. The number of halogens is 1. The number of hydrogen-bond acceptors (Lipinski definition) is 3. The van der Waals surface area contributed by atoms with Crippen molar-refractivity contribution in [3.8, 4) is 5.75 Å². The molecule has 2 rings (SSSR count). The zero-order chi connectivity index (χ0) is 10.8. The van der Waals surface area contributed by atoms with Crippen LogP contribution in [0.25, 0.3) is 0 Å². The number of rotatable bonds is 2. The van der Waals surface area contributed by atoms with Gasteiger partial charge in [-0.1, -0.05) is 11.6 Å². The molecule has 1 heterocycles. The zero-order valence-electron chi connectivity index (χ0n) is 8.87. The summed E-state index contributed by atoms with van der Waals surface area (Å²) in [5.41, 5.74) is 1.08. The lowest BCUT2D eigenvalue weighted by atomic mass is 10.2. The molecule has 1 atom stereocenters. The van der Waals surface area contributed by atoms with Gasteiger partial charge < -0.3 is 14.4 Å². The lowest BCUT2D eigenvalue weighted by Gasteiger charge is -2.33. The molecular formula is C11H14ClNO2. The van der Waals surface area contributed by atoms with E-state index in [9.17, 15) is 0 Å². The average Bonchev–Trinajstić information content (AvgIpc) is 2.17. The molecule has 4 heteroatoms. The van der Waals surface area contributed by atoms with E-state index in [2.05, 4.69) is 4.90 Å². The molecule has 1 aliphatic rings. The number of anilines is 1. The first-order valence-corrected chi connectivity index (χ1v) is 5.25. The monoisotopic (exact) mass is 227 g/mol. The fourth-order valence-electron chi connectivity index (χ4n) is 1.79. The van der Waals surface area contributed by atoms with Gasteiger partial charge in [0, 0.05) is 25.2 Å². The van der Waals surface area contributed by atoms with Crippen LogP contribution in [0, 0.1) is 0 Å². The van der Waals surface area contributed by atoms with Crippen LogP contribution in [0.3, 0.4) is 0 Å². The quantitative estimate of drug-likeness (QED) is 0.773. The molecule has 0 spiro atoms. The maximum atomic E-state index is 5.92. The SMILES string of the molecule is COC[C@H]1CN(C)c2ccc(Cl)cc2O1. The summed E-state index contributed by atoms with van der Waals surface area (Å²) in [5, 5.41) is 0.695. The van der Waals surface area contributed by atoms with Crippen LogP contribution in [0.1, 0.15) is 0 Å². The summed E-state index contributed by atoms with van der Waals surface area (Å²) >= 11 is 5.92. The van der Waals surface area contributed by atoms with Crippen molar-refractivity contribution in [1.29, 1.82) is 0 Å². The topological polar surface area (TPSA) is 21.7 Å². The van der Waals surface area contributed by atoms with E-state index in [0.717, 1.165) is 18.0 Å². The van der Waals surface area contributed by atoms with Crippen LogP contribution in [-0.2, 0) is 4.74 Å². The fraction of sp³-hybridized carbons (Fsp3) is 0.455. The largest absolute Gasteiger partial charge is 0.484 e. The van der Waals surface area contributed by atoms with Crippen LogP contribution >= 0.6 is 11.6 Å². The molecule has 0 N–H and O–H groups in total. The molecule has 0 bridgehead atoms. The summed E-state index contributed by atoms with van der Waals surface area (Å²) in [6, 6.07) is 5.69. The average molecular weight is 228 g/mol. The minimum atomic E-state index is 0.0750. The Morgan fingerprint density at radius 2 is 2.40 bits per heavy atom. The highest BCUT2D eigenvalue weighted by molar-refractivity contribution is 6.30. The number of fused-ring (bicyclic) bond motifs is 1. The lowest BCUT2D eigenvalue weighted by molar-refractivity contribution is 0.0801. The molecule has 0 fully saturated rings. The van der Waals surface area contributed by atoms with Gasteiger partial charge in [-0.2, -0.15) is 0 Å². The van der Waals surface area contributed by atoms with Crippen molar-refractivity contribution >= 4 is 17.3 Å². The van der Waals surface area contributed by atoms with Gasteiger partial charge in [0.2, 0.25) is 0 Å². The van der Waals surface area contributed by atoms with E-state index in [4.69, 9.17) is 21.1 Å². The van der Waals surface area contributed by atoms with E-state index in [-0.39, 0.29) is 6.10 Å². The van der Waals surface area contributed by atoms with Crippen LogP contribution in [0.4, 0.5) is 5.69 Å². The van der Waals surface area contributed by atoms with Gasteiger partial charge in [0.25, 0.3) is 0 Å². The van der Waals surface area contributed by atoms with E-state index >= 15 is 0 Å². The van der Waals surface area contributed by atoms with Crippen LogP contribution in [0.2, 0.25) is 5.02 Å². The van der Waals surface area contributed by atoms with E-state index in [1.54, 1.807) is 7.11 Å². The third-order valence-electron chi connectivity index (χ3n) is 2.46. The minimum Gasteiger partial charge on any atom is -0.484 e. The second kappa shape index (κ2) is 4.29. The molecule has 0 unspecified atom stereocenters. The van der Waals surface area contributed by atoms with E-state index < -0.39 is 0 Å². The van der Waals surface area contributed by atoms with Crippen LogP contribution < -0.4 is 9.64 Å². The van der Waals surface area contributed by atoms with Crippen molar-refractivity contribution < 1.29 is 9.47 Å². The third kappa shape index (κ3) is 2.19. The highest BCUT2D eigenvalue weighted by Gasteiger charge is 2.23. The number of nitrogens with zero attached hydrogens (tertiary/aromatic N) is 1. The molecule has 15 heavy (non-hydrogen) atoms. The molecule has 0 amide bonds. The standard InChI is InChI=1S/C11H14ClNO2/c1-13-6-9(7-14-2)15-11-5-8(12)3-4-10(11)13/h3-5,9H,6-7H2,1-2H3/t9-/m1/s1. The molecule has 0 aromatic heterocycles. The first kappa shape index (κ1) is 10.6. The smallest absolute Gasteiger partial charge is 0.144 e. The molecule has 1 aromatic rings. The molecule has 0 radical (unpaired) electrons. The number of likely N-dealkylation sites (N-methyl/N-ethyl adjacent to an activating group) is 1. The van der Waals surface area contributed by atoms with Crippen LogP contribution in [0.15, 0.2) is 18.2 Å². The van der Waals surface area contributed by atoms with Gasteiger partial charge in [0.05, 0.1) is 18.8 Å². The summed E-state index contributed by atoms with van der Waals surface area (Å²) in [6.07, 6.45) is 0.0750. The Balaban J connectivity index is 2.25. The maximum Gasteiger partial charge on any atom is 0.144 e. The zero-order valence-corrected chi connectivity index (χ0v) is 9.62. The normalized spacial score (nSPS) is 19.7. The molecular weight excluding hydrogens is 214 g/mol. The van der Waals surface area contributed by atoms with Gasteiger partial charge in [-0.15, -0.1) is 0 Å². The number of hydrogen-bond donors (Lipinski definition) is 0. The summed E-state index contributed by atoms with van der Waals surface area (Å²) in [7, 11) is 3.72. The molecule has 1 aromatic carbocycles. The van der Waals surface area contributed by atoms with Crippen LogP contribution in [-0.4, -0.2) is 33.4 Å². The van der Waals surface area contributed by atoms with Crippen molar-refractivity contribution in [2.45, 2.75) is 6.10 Å². The maximum absolute atomic E-state index is 5.92. The second-order valence-corrected chi connectivity index (χ2v) is 4.12. The van der Waals surface area contributed by atoms with Gasteiger partial charge in [-0.25, -0.2) is 0 Å². The molecule has 0 saturated carbocycles. The van der Waals surface area contributed by atoms with Gasteiger partial charge in [0.15, 0.2) is 0 Å². The Morgan fingerprint density at radius 1 is 1.60 bits per heavy atom. The predicted molar refractivity (Wildman–Crippen MR) is 61.0 cm³/mol. The summed E-state index contributed by atoms with van der Waals surface area (Å²) in [6.45, 7) is 1.43. The first-order valence-electron chi connectivity index (χ1n) is 4.87. The molecule has 0 aliphatic carbocycles. The van der Waals surface area contributed by atoms with E-state index in [1.807, 2.05) is 25.2 Å². The fourth-order valence-corrected chi connectivity index (χ4v) is 1.95. The Bertz CT molecular complexity index is 356. The molecule has 82 valence electrons. The van der Waals surface area contributed by atoms with E-state index in [1.165, 1.54) is 0 Å². The van der Waals surface area contributed by atoms with Gasteiger partial charge in [-0.3, -0.25) is 0 Å². The van der Waals surface area contributed by atoms with Crippen molar-refractivity contribution in [3.05, 3.63) is 23.2 Å². The lowest BCUT2D eigenvalue weighted by Crippen LogP contribution is -2.40. The van der Waals surface area contributed by atoms with Gasteiger partial charge in [0.1, 0.15) is 11.9 Å². The van der Waals surface area contributed by atoms with Crippen molar-refractivity contribution in [3.63, 3.8) is 0 Å². The van der Waals surface area contributed by atoms with Crippen molar-refractivity contribution in [2.24, 2.45) is 0 Å². The van der Waals surface area contributed by atoms with Gasteiger partial charge >= 0.3 is 0 Å². The Labute approximate surface area is 94.5 Å². The first-order chi connectivity index (χ1) is 7.20.